The van der Waals surface area contributed by atoms with E-state index in [2.05, 4.69) is 5.32 Å². The van der Waals surface area contributed by atoms with Crippen molar-refractivity contribution < 1.29 is 19.5 Å². The lowest BCUT2D eigenvalue weighted by Gasteiger charge is -2.29. The van der Waals surface area contributed by atoms with Gasteiger partial charge in [-0.05, 0) is 32.0 Å². The Bertz CT molecular complexity index is 492. The standard InChI is InChI=1S/C14H20N2O4/c1-9(8-19-3)20-11-5-4-10-6-12(15-2)14(17)16(18)13(10)7-11/h4-5,7,9,12,15,18H,6,8H2,1-3H3/t9-,12-/m0/s1. The third-order valence-electron chi connectivity index (χ3n) is 3.30. The van der Waals surface area contributed by atoms with Crippen LogP contribution in [0.15, 0.2) is 18.2 Å². The number of likely N-dealkylation sites (N-methyl/N-ethyl adjacent to an activating group) is 1. The maximum absolute atomic E-state index is 11.9. The van der Waals surface area contributed by atoms with E-state index >= 15 is 0 Å². The predicted molar refractivity (Wildman–Crippen MR) is 74.2 cm³/mol. The van der Waals surface area contributed by atoms with Crippen LogP contribution < -0.4 is 15.1 Å². The van der Waals surface area contributed by atoms with E-state index in [0.29, 0.717) is 29.5 Å². The summed E-state index contributed by atoms with van der Waals surface area (Å²) in [4.78, 5) is 11.9. The minimum absolute atomic E-state index is 0.102. The zero-order valence-electron chi connectivity index (χ0n) is 11.9. The second-order valence-corrected chi connectivity index (χ2v) is 4.87. The van der Waals surface area contributed by atoms with Gasteiger partial charge in [-0.15, -0.1) is 0 Å². The minimum Gasteiger partial charge on any atom is -0.488 e. The van der Waals surface area contributed by atoms with Crippen LogP contribution in [0.3, 0.4) is 0 Å². The predicted octanol–water partition coefficient (Wildman–Crippen LogP) is 0.967. The summed E-state index contributed by atoms with van der Waals surface area (Å²) >= 11 is 0. The van der Waals surface area contributed by atoms with E-state index in [1.165, 1.54) is 0 Å². The van der Waals surface area contributed by atoms with Gasteiger partial charge in [0.1, 0.15) is 11.9 Å². The molecular formula is C14H20N2O4. The van der Waals surface area contributed by atoms with Crippen LogP contribution in [0.4, 0.5) is 5.69 Å². The van der Waals surface area contributed by atoms with E-state index in [4.69, 9.17) is 9.47 Å². The van der Waals surface area contributed by atoms with Crippen molar-refractivity contribution in [1.82, 2.24) is 5.32 Å². The first kappa shape index (κ1) is 14.8. The van der Waals surface area contributed by atoms with Crippen LogP contribution in [-0.2, 0) is 16.0 Å². The molecule has 1 aliphatic rings. The molecule has 0 bridgehead atoms. The lowest BCUT2D eigenvalue weighted by atomic mass is 9.98. The SMILES string of the molecule is CN[C@H]1Cc2ccc(O[C@@H](C)COC)cc2N(O)C1=O. The number of carbonyl (C=O) groups is 1. The molecule has 1 heterocycles. The van der Waals surface area contributed by atoms with Crippen LogP contribution in [0.2, 0.25) is 0 Å². The minimum atomic E-state index is -0.397. The number of methoxy groups -OCH3 is 1. The number of nitrogens with one attached hydrogen (secondary N) is 1. The van der Waals surface area contributed by atoms with Gasteiger partial charge < -0.3 is 14.8 Å². The van der Waals surface area contributed by atoms with E-state index in [1.807, 2.05) is 19.1 Å². The molecule has 0 saturated carbocycles. The normalized spacial score (nSPS) is 19.7. The number of carbonyl (C=O) groups excluding carboxylic acids is 1. The van der Waals surface area contributed by atoms with Gasteiger partial charge in [0.15, 0.2) is 0 Å². The first-order chi connectivity index (χ1) is 9.56. The van der Waals surface area contributed by atoms with Crippen molar-refractivity contribution in [2.45, 2.75) is 25.5 Å². The first-order valence-electron chi connectivity index (χ1n) is 6.55. The molecule has 0 unspecified atom stereocenters. The summed E-state index contributed by atoms with van der Waals surface area (Å²) in [6, 6.07) is 4.98. The average Bonchev–Trinajstić information content (AvgIpc) is 2.43. The highest BCUT2D eigenvalue weighted by atomic mass is 16.5. The van der Waals surface area contributed by atoms with Crippen molar-refractivity contribution in [2.75, 3.05) is 25.8 Å². The number of rotatable bonds is 5. The number of amides is 1. The lowest BCUT2D eigenvalue weighted by Crippen LogP contribution is -2.48. The topological polar surface area (TPSA) is 71.0 Å². The summed E-state index contributed by atoms with van der Waals surface area (Å²) in [5.74, 6) is 0.241. The Morgan fingerprint density at radius 1 is 1.55 bits per heavy atom. The molecule has 0 aromatic heterocycles. The molecule has 2 atom stereocenters. The Hall–Kier alpha value is -1.63. The van der Waals surface area contributed by atoms with Gasteiger partial charge in [0.05, 0.1) is 18.3 Å². The molecule has 0 aliphatic carbocycles. The Morgan fingerprint density at radius 3 is 2.95 bits per heavy atom. The molecular weight excluding hydrogens is 260 g/mol. The van der Waals surface area contributed by atoms with Crippen LogP contribution in [0.5, 0.6) is 5.75 Å². The maximum atomic E-state index is 11.9. The molecule has 6 heteroatoms. The second-order valence-electron chi connectivity index (χ2n) is 4.87. The molecule has 2 N–H and O–H groups in total. The third-order valence-corrected chi connectivity index (χ3v) is 3.30. The molecule has 0 saturated heterocycles. The molecule has 0 fully saturated rings. The number of hydrogen-bond acceptors (Lipinski definition) is 5. The molecule has 6 nitrogen and oxygen atoms in total. The summed E-state index contributed by atoms with van der Waals surface area (Å²) in [7, 11) is 3.31. The van der Waals surface area contributed by atoms with Gasteiger partial charge in [-0.3, -0.25) is 10.0 Å². The van der Waals surface area contributed by atoms with Crippen molar-refractivity contribution in [3.05, 3.63) is 23.8 Å². The van der Waals surface area contributed by atoms with Gasteiger partial charge in [-0.2, -0.15) is 5.06 Å². The van der Waals surface area contributed by atoms with Crippen molar-refractivity contribution in [1.29, 1.82) is 0 Å². The number of nitrogens with zero attached hydrogens (tertiary/aromatic N) is 1. The number of hydrogen-bond donors (Lipinski definition) is 2. The van der Waals surface area contributed by atoms with Gasteiger partial charge >= 0.3 is 0 Å². The molecule has 1 aromatic rings. The van der Waals surface area contributed by atoms with E-state index in [1.54, 1.807) is 20.2 Å². The zero-order valence-corrected chi connectivity index (χ0v) is 11.9. The van der Waals surface area contributed by atoms with Crippen LogP contribution >= 0.6 is 0 Å². The number of hydroxylamine groups is 1. The molecule has 1 aliphatic heterocycles. The Labute approximate surface area is 118 Å². The summed E-state index contributed by atoms with van der Waals surface area (Å²) in [5, 5.41) is 13.5. The van der Waals surface area contributed by atoms with Gasteiger partial charge in [-0.25, -0.2) is 0 Å². The highest BCUT2D eigenvalue weighted by Gasteiger charge is 2.31. The maximum Gasteiger partial charge on any atom is 0.268 e. The van der Waals surface area contributed by atoms with E-state index in [-0.39, 0.29) is 12.0 Å². The molecule has 20 heavy (non-hydrogen) atoms. The average molecular weight is 280 g/mol. The molecule has 110 valence electrons. The van der Waals surface area contributed by atoms with E-state index in [0.717, 1.165) is 5.56 Å². The highest BCUT2D eigenvalue weighted by Crippen LogP contribution is 2.30. The fourth-order valence-electron chi connectivity index (χ4n) is 2.29. The Balaban J connectivity index is 2.21. The van der Waals surface area contributed by atoms with Crippen molar-refractivity contribution in [2.24, 2.45) is 0 Å². The fraction of sp³-hybridized carbons (Fsp3) is 0.500. The van der Waals surface area contributed by atoms with Crippen molar-refractivity contribution in [3.63, 3.8) is 0 Å². The lowest BCUT2D eigenvalue weighted by molar-refractivity contribution is -0.126. The summed E-state index contributed by atoms with van der Waals surface area (Å²) < 4.78 is 10.7. The molecule has 2 rings (SSSR count). The highest BCUT2D eigenvalue weighted by molar-refractivity contribution is 5.98. The molecule has 1 aromatic carbocycles. The van der Waals surface area contributed by atoms with Gasteiger partial charge in [-0.1, -0.05) is 6.07 Å². The van der Waals surface area contributed by atoms with Crippen LogP contribution in [0, 0.1) is 0 Å². The Morgan fingerprint density at radius 2 is 2.30 bits per heavy atom. The largest absolute Gasteiger partial charge is 0.488 e. The number of benzene rings is 1. The van der Waals surface area contributed by atoms with Crippen LogP contribution in [0.25, 0.3) is 0 Å². The van der Waals surface area contributed by atoms with Crippen LogP contribution in [0.1, 0.15) is 12.5 Å². The monoisotopic (exact) mass is 280 g/mol. The second kappa shape index (κ2) is 6.21. The van der Waals surface area contributed by atoms with Crippen molar-refractivity contribution >= 4 is 11.6 Å². The third kappa shape index (κ3) is 2.92. The number of ether oxygens (including phenoxy) is 2. The fourth-order valence-corrected chi connectivity index (χ4v) is 2.29. The van der Waals surface area contributed by atoms with E-state index in [9.17, 15) is 10.0 Å². The smallest absolute Gasteiger partial charge is 0.268 e. The van der Waals surface area contributed by atoms with Crippen LogP contribution in [-0.4, -0.2) is 44.0 Å². The summed E-state index contributed by atoms with van der Waals surface area (Å²) in [6.07, 6.45) is 0.449. The molecule has 0 spiro atoms. The quantitative estimate of drug-likeness (QED) is 0.786. The summed E-state index contributed by atoms with van der Waals surface area (Å²) in [6.45, 7) is 2.36. The number of fused-ring (bicyclic) bond motifs is 1. The summed E-state index contributed by atoms with van der Waals surface area (Å²) in [5.41, 5.74) is 1.38. The molecule has 0 radical (unpaired) electrons. The molecule has 1 amide bonds. The van der Waals surface area contributed by atoms with Gasteiger partial charge in [0.2, 0.25) is 0 Å². The van der Waals surface area contributed by atoms with E-state index < -0.39 is 6.04 Å². The zero-order chi connectivity index (χ0) is 14.7. The van der Waals surface area contributed by atoms with Gasteiger partial charge in [0, 0.05) is 13.2 Å². The van der Waals surface area contributed by atoms with Gasteiger partial charge in [0.25, 0.3) is 5.91 Å². The van der Waals surface area contributed by atoms with Crippen molar-refractivity contribution in [3.8, 4) is 5.75 Å². The first-order valence-corrected chi connectivity index (χ1v) is 6.55. The Kier molecular flexibility index (Phi) is 4.59. The number of anilines is 1.